The van der Waals surface area contributed by atoms with Crippen molar-refractivity contribution in [3.8, 4) is 0 Å². The van der Waals surface area contributed by atoms with Crippen LogP contribution in [0.2, 0.25) is 0 Å². The Morgan fingerprint density at radius 3 is 2.26 bits per heavy atom. The summed E-state index contributed by atoms with van der Waals surface area (Å²) in [5.41, 5.74) is 0.352. The van der Waals surface area contributed by atoms with Crippen LogP contribution >= 0.6 is 0 Å². The summed E-state index contributed by atoms with van der Waals surface area (Å²) in [4.78, 5) is 24.6. The number of rotatable bonds is 8. The van der Waals surface area contributed by atoms with Crippen LogP contribution in [0.1, 0.15) is 16.7 Å². The highest BCUT2D eigenvalue weighted by Gasteiger charge is 2.30. The maximum absolute atomic E-state index is 12.8. The van der Waals surface area contributed by atoms with Gasteiger partial charge in [0.2, 0.25) is 0 Å². The Kier molecular flexibility index (Phi) is 7.95. The molecule has 0 atom stereocenters. The summed E-state index contributed by atoms with van der Waals surface area (Å²) < 4.78 is 48.4. The number of benzene rings is 2. The maximum Gasteiger partial charge on any atom is 0.416 e. The van der Waals surface area contributed by atoms with Gasteiger partial charge >= 0.3 is 12.2 Å². The van der Waals surface area contributed by atoms with Crippen molar-refractivity contribution in [3.05, 3.63) is 69.3 Å². The molecule has 0 aromatic heterocycles. The van der Waals surface area contributed by atoms with E-state index in [2.05, 4.69) is 5.32 Å². The predicted octanol–water partition coefficient (Wildman–Crippen LogP) is 4.58. The fourth-order valence-corrected chi connectivity index (χ4v) is 2.83. The van der Waals surface area contributed by atoms with Crippen LogP contribution in [0.3, 0.4) is 0 Å². The van der Waals surface area contributed by atoms with Crippen LogP contribution < -0.4 is 5.32 Å². The Balaban J connectivity index is 2.21. The molecule has 1 N–H and O–H groups in total. The molecule has 0 unspecified atom stereocenters. The lowest BCUT2D eigenvalue weighted by atomic mass is 10.1. The first kappa shape index (κ1) is 24.1. The van der Waals surface area contributed by atoms with Crippen molar-refractivity contribution in [2.24, 2.45) is 0 Å². The number of nitrogens with one attached hydrogen (secondary N) is 1. The highest BCUT2D eigenvalue weighted by atomic mass is 19.4. The number of ether oxygens (including phenoxy) is 2. The van der Waals surface area contributed by atoms with Crippen molar-refractivity contribution < 1.29 is 32.4 Å². The third kappa shape index (κ3) is 6.66. The standard InChI is InChI=1S/C20H22F3N3O5/c1-13-10-14(4-9-17(13)26(28)29)11-25(12-18(30-2)31-3)19(27)24-16-7-5-15(6-8-16)20(21,22)23/h4-10,18H,11-12H2,1-3H3,(H,24,27). The van der Waals surface area contributed by atoms with Gasteiger partial charge in [0.05, 0.1) is 17.0 Å². The Morgan fingerprint density at radius 2 is 1.77 bits per heavy atom. The number of carbonyl (C=O) groups excluding carboxylic acids is 1. The number of aryl methyl sites for hydroxylation is 1. The van der Waals surface area contributed by atoms with E-state index in [4.69, 9.17) is 9.47 Å². The molecule has 0 spiro atoms. The molecule has 2 amide bonds. The van der Waals surface area contributed by atoms with Crippen molar-refractivity contribution in [2.45, 2.75) is 25.9 Å². The molecule has 2 aromatic rings. The van der Waals surface area contributed by atoms with E-state index in [1.807, 2.05) is 0 Å². The number of methoxy groups -OCH3 is 2. The number of carbonyl (C=O) groups is 1. The topological polar surface area (TPSA) is 93.9 Å². The summed E-state index contributed by atoms with van der Waals surface area (Å²) in [5, 5.41) is 13.5. The summed E-state index contributed by atoms with van der Waals surface area (Å²) in [6.45, 7) is 1.66. The summed E-state index contributed by atoms with van der Waals surface area (Å²) in [6.07, 6.45) is -5.23. The number of nitrogens with zero attached hydrogens (tertiary/aromatic N) is 2. The van der Waals surface area contributed by atoms with Crippen molar-refractivity contribution in [1.82, 2.24) is 4.90 Å². The van der Waals surface area contributed by atoms with Crippen molar-refractivity contribution in [1.29, 1.82) is 0 Å². The first-order chi connectivity index (χ1) is 14.5. The Labute approximate surface area is 176 Å². The number of halogens is 3. The van der Waals surface area contributed by atoms with Crippen LogP contribution in [0.25, 0.3) is 0 Å². The van der Waals surface area contributed by atoms with Gasteiger partial charge in [0.25, 0.3) is 5.69 Å². The number of amides is 2. The van der Waals surface area contributed by atoms with Crippen LogP contribution in [0.4, 0.5) is 29.3 Å². The predicted molar refractivity (Wildman–Crippen MR) is 107 cm³/mol. The lowest BCUT2D eigenvalue weighted by Gasteiger charge is -2.27. The molecule has 11 heteroatoms. The average Bonchev–Trinajstić information content (AvgIpc) is 2.70. The van der Waals surface area contributed by atoms with Crippen LogP contribution in [-0.4, -0.2) is 42.9 Å². The average molecular weight is 441 g/mol. The van der Waals surface area contributed by atoms with E-state index in [0.717, 1.165) is 24.3 Å². The van der Waals surface area contributed by atoms with E-state index in [1.165, 1.54) is 31.3 Å². The number of nitro benzene ring substituents is 1. The SMILES string of the molecule is COC(CN(Cc1ccc([N+](=O)[O-])c(C)c1)C(=O)Nc1ccc(C(F)(F)F)cc1)OC. The van der Waals surface area contributed by atoms with E-state index in [9.17, 15) is 28.1 Å². The van der Waals surface area contributed by atoms with Gasteiger partial charge < -0.3 is 19.7 Å². The van der Waals surface area contributed by atoms with Crippen LogP contribution in [0.15, 0.2) is 42.5 Å². The number of nitro groups is 1. The number of alkyl halides is 3. The molecule has 0 heterocycles. The number of anilines is 1. The quantitative estimate of drug-likeness (QED) is 0.368. The maximum atomic E-state index is 12.8. The highest BCUT2D eigenvalue weighted by molar-refractivity contribution is 5.89. The largest absolute Gasteiger partial charge is 0.416 e. The first-order valence-corrected chi connectivity index (χ1v) is 9.07. The fourth-order valence-electron chi connectivity index (χ4n) is 2.83. The molecule has 8 nitrogen and oxygen atoms in total. The molecular formula is C20H22F3N3O5. The zero-order chi connectivity index (χ0) is 23.2. The molecule has 0 saturated heterocycles. The second-order valence-corrected chi connectivity index (χ2v) is 6.66. The van der Waals surface area contributed by atoms with Gasteiger partial charge in [0, 0.05) is 38.1 Å². The van der Waals surface area contributed by atoms with E-state index < -0.39 is 29.0 Å². The summed E-state index contributed by atoms with van der Waals surface area (Å²) in [5.74, 6) is 0. The van der Waals surface area contributed by atoms with Gasteiger partial charge in [-0.15, -0.1) is 0 Å². The minimum absolute atomic E-state index is 0.00943. The monoisotopic (exact) mass is 441 g/mol. The van der Waals surface area contributed by atoms with Crippen LogP contribution in [0, 0.1) is 17.0 Å². The van der Waals surface area contributed by atoms with Crippen molar-refractivity contribution >= 4 is 17.4 Å². The summed E-state index contributed by atoms with van der Waals surface area (Å²) in [6, 6.07) is 7.90. The second-order valence-electron chi connectivity index (χ2n) is 6.66. The smallest absolute Gasteiger partial charge is 0.354 e. The Bertz CT molecular complexity index is 915. The lowest BCUT2D eigenvalue weighted by molar-refractivity contribution is -0.385. The molecule has 0 aliphatic heterocycles. The zero-order valence-corrected chi connectivity index (χ0v) is 17.1. The first-order valence-electron chi connectivity index (χ1n) is 9.07. The molecule has 2 rings (SSSR count). The highest BCUT2D eigenvalue weighted by Crippen LogP contribution is 2.30. The van der Waals surface area contributed by atoms with E-state index in [0.29, 0.717) is 11.1 Å². The van der Waals surface area contributed by atoms with Crippen LogP contribution in [-0.2, 0) is 22.2 Å². The van der Waals surface area contributed by atoms with E-state index in [-0.39, 0.29) is 24.5 Å². The minimum Gasteiger partial charge on any atom is -0.354 e. The van der Waals surface area contributed by atoms with Crippen LogP contribution in [0.5, 0.6) is 0 Å². The van der Waals surface area contributed by atoms with E-state index in [1.54, 1.807) is 13.0 Å². The van der Waals surface area contributed by atoms with Gasteiger partial charge in [-0.3, -0.25) is 10.1 Å². The van der Waals surface area contributed by atoms with Crippen molar-refractivity contribution in [2.75, 3.05) is 26.1 Å². The normalized spacial score (nSPS) is 11.5. The van der Waals surface area contributed by atoms with Crippen molar-refractivity contribution in [3.63, 3.8) is 0 Å². The summed E-state index contributed by atoms with van der Waals surface area (Å²) in [7, 11) is 2.80. The number of hydrogen-bond acceptors (Lipinski definition) is 5. The number of hydrogen-bond donors (Lipinski definition) is 1. The second kappa shape index (κ2) is 10.2. The van der Waals surface area contributed by atoms with Gasteiger partial charge in [-0.1, -0.05) is 6.07 Å². The Morgan fingerprint density at radius 1 is 1.16 bits per heavy atom. The molecule has 31 heavy (non-hydrogen) atoms. The zero-order valence-electron chi connectivity index (χ0n) is 17.1. The molecular weight excluding hydrogens is 419 g/mol. The van der Waals surface area contributed by atoms with E-state index >= 15 is 0 Å². The number of urea groups is 1. The third-order valence-corrected chi connectivity index (χ3v) is 4.48. The summed E-state index contributed by atoms with van der Waals surface area (Å²) >= 11 is 0. The third-order valence-electron chi connectivity index (χ3n) is 4.48. The molecule has 0 aliphatic carbocycles. The minimum atomic E-state index is -4.48. The van der Waals surface area contributed by atoms with Gasteiger partial charge in [-0.25, -0.2) is 4.79 Å². The molecule has 168 valence electrons. The van der Waals surface area contributed by atoms with Gasteiger partial charge in [0.1, 0.15) is 0 Å². The fraction of sp³-hybridized carbons (Fsp3) is 0.350. The molecule has 2 aromatic carbocycles. The molecule has 0 radical (unpaired) electrons. The molecule has 0 bridgehead atoms. The van der Waals surface area contributed by atoms with Gasteiger partial charge in [0.15, 0.2) is 6.29 Å². The molecule has 0 saturated carbocycles. The van der Waals surface area contributed by atoms with Gasteiger partial charge in [-0.2, -0.15) is 13.2 Å². The molecule has 0 fully saturated rings. The Hall–Kier alpha value is -3.18. The lowest BCUT2D eigenvalue weighted by Crippen LogP contribution is -2.41. The molecule has 0 aliphatic rings. The van der Waals surface area contributed by atoms with Gasteiger partial charge in [-0.05, 0) is 42.8 Å².